The number of nitrogens with zero attached hydrogens (tertiary/aromatic N) is 1. The molecular weight excluding hydrogens is 382 g/mol. The predicted molar refractivity (Wildman–Crippen MR) is 107 cm³/mol. The molecule has 0 aliphatic carbocycles. The lowest BCUT2D eigenvalue weighted by Gasteiger charge is -2.16. The van der Waals surface area contributed by atoms with Crippen molar-refractivity contribution in [2.45, 2.75) is 20.3 Å². The summed E-state index contributed by atoms with van der Waals surface area (Å²) in [5.74, 6) is 0.0414. The monoisotopic (exact) mass is 405 g/mol. The van der Waals surface area contributed by atoms with Crippen LogP contribution in [0.4, 0.5) is 4.79 Å². The van der Waals surface area contributed by atoms with Crippen LogP contribution in [0.25, 0.3) is 6.08 Å². The first-order valence-corrected chi connectivity index (χ1v) is 9.63. The Bertz CT molecular complexity index is 817. The van der Waals surface area contributed by atoms with Crippen LogP contribution in [0.15, 0.2) is 29.7 Å². The van der Waals surface area contributed by atoms with Crippen molar-refractivity contribution in [1.29, 1.82) is 0 Å². The zero-order chi connectivity index (χ0) is 20.7. The van der Waals surface area contributed by atoms with Crippen LogP contribution in [0.3, 0.4) is 0 Å². The lowest BCUT2D eigenvalue weighted by molar-refractivity contribution is -0.145. The zero-order valence-electron chi connectivity index (χ0n) is 16.1. The maximum absolute atomic E-state index is 12.1. The van der Waals surface area contributed by atoms with Gasteiger partial charge in [0.1, 0.15) is 0 Å². The molecule has 0 atom stereocenters. The number of rotatable bonds is 9. The van der Waals surface area contributed by atoms with Crippen LogP contribution in [-0.4, -0.2) is 48.9 Å². The highest BCUT2D eigenvalue weighted by Gasteiger charge is 2.31. The average molecular weight is 405 g/mol. The molecule has 8 heteroatoms. The number of benzene rings is 1. The van der Waals surface area contributed by atoms with E-state index >= 15 is 0 Å². The molecule has 1 aliphatic rings. The van der Waals surface area contributed by atoms with Gasteiger partial charge in [-0.25, -0.2) is 4.79 Å². The van der Waals surface area contributed by atoms with E-state index in [9.17, 15) is 14.4 Å². The van der Waals surface area contributed by atoms with Crippen molar-refractivity contribution in [1.82, 2.24) is 4.90 Å². The fourth-order valence-electron chi connectivity index (χ4n) is 2.53. The molecule has 1 saturated heterocycles. The third-order valence-electron chi connectivity index (χ3n) is 3.74. The zero-order valence-corrected chi connectivity index (χ0v) is 17.0. The molecule has 0 bridgehead atoms. The van der Waals surface area contributed by atoms with Crippen molar-refractivity contribution >= 4 is 35.0 Å². The van der Waals surface area contributed by atoms with E-state index in [1.807, 2.05) is 13.0 Å². The number of esters is 1. The quantitative estimate of drug-likeness (QED) is 0.354. The van der Waals surface area contributed by atoms with Crippen LogP contribution < -0.4 is 9.47 Å². The van der Waals surface area contributed by atoms with Crippen molar-refractivity contribution in [3.05, 3.63) is 40.8 Å². The molecule has 2 rings (SSSR count). The second-order valence-electron chi connectivity index (χ2n) is 5.77. The number of hydrogen-bond donors (Lipinski definition) is 0. The Labute approximate surface area is 168 Å². The molecule has 0 saturated carbocycles. The second-order valence-corrected chi connectivity index (χ2v) is 6.76. The van der Waals surface area contributed by atoms with E-state index in [0.29, 0.717) is 35.0 Å². The first-order valence-electron chi connectivity index (χ1n) is 8.81. The molecule has 2 amide bonds. The minimum absolute atomic E-state index is 0.244. The maximum atomic E-state index is 12.1. The van der Waals surface area contributed by atoms with Crippen LogP contribution in [0.5, 0.6) is 11.5 Å². The number of allylic oxidation sites excluding steroid dienone is 1. The number of ether oxygens (including phenoxy) is 3. The Kier molecular flexibility index (Phi) is 7.69. The van der Waals surface area contributed by atoms with Gasteiger partial charge in [0.05, 0.1) is 18.1 Å². The summed E-state index contributed by atoms with van der Waals surface area (Å²) in [5, 5.41) is -0.318. The highest BCUT2D eigenvalue weighted by molar-refractivity contribution is 8.18. The molecule has 0 unspecified atom stereocenters. The number of hydrogen-bond acceptors (Lipinski definition) is 7. The van der Waals surface area contributed by atoms with Gasteiger partial charge in [0.2, 0.25) is 0 Å². The van der Waals surface area contributed by atoms with Crippen LogP contribution >= 0.6 is 11.8 Å². The van der Waals surface area contributed by atoms with E-state index in [-0.39, 0.29) is 24.4 Å². The van der Waals surface area contributed by atoms with Crippen molar-refractivity contribution < 1.29 is 28.6 Å². The highest BCUT2D eigenvalue weighted by Crippen LogP contribution is 2.37. The molecule has 0 radical (unpaired) electrons. The van der Waals surface area contributed by atoms with Crippen molar-refractivity contribution in [3.8, 4) is 11.5 Å². The van der Waals surface area contributed by atoms with Gasteiger partial charge in [0, 0.05) is 12.6 Å². The van der Waals surface area contributed by atoms with Gasteiger partial charge in [0.25, 0.3) is 11.1 Å². The van der Waals surface area contributed by atoms with E-state index in [4.69, 9.17) is 14.2 Å². The first kappa shape index (κ1) is 21.6. The molecule has 7 nitrogen and oxygen atoms in total. The fourth-order valence-corrected chi connectivity index (χ4v) is 3.36. The summed E-state index contributed by atoms with van der Waals surface area (Å²) in [4.78, 5) is 36.9. The molecule has 1 aliphatic heterocycles. The maximum Gasteiger partial charge on any atom is 0.344 e. The molecule has 150 valence electrons. The molecular formula is C20H23NO6S. The molecule has 0 aromatic heterocycles. The summed E-state index contributed by atoms with van der Waals surface area (Å²) < 4.78 is 16.2. The van der Waals surface area contributed by atoms with Crippen LogP contribution in [0, 0.1) is 0 Å². The number of carbonyl (C=O) groups excluding carboxylic acids is 3. The van der Waals surface area contributed by atoms with Crippen LogP contribution in [0.2, 0.25) is 0 Å². The van der Waals surface area contributed by atoms with Gasteiger partial charge < -0.3 is 14.2 Å². The Hall–Kier alpha value is -2.74. The molecule has 0 spiro atoms. The number of imide groups is 1. The summed E-state index contributed by atoms with van der Waals surface area (Å²) in [5.41, 5.74) is 1.43. The van der Waals surface area contributed by atoms with Gasteiger partial charge in [-0.15, -0.1) is 6.58 Å². The number of thioether (sulfide) groups is 1. The summed E-state index contributed by atoms with van der Waals surface area (Å²) in [6.07, 6.45) is 3.81. The van der Waals surface area contributed by atoms with E-state index in [1.54, 1.807) is 25.1 Å². The Morgan fingerprint density at radius 3 is 2.54 bits per heavy atom. The van der Waals surface area contributed by atoms with Gasteiger partial charge in [-0.3, -0.25) is 14.5 Å². The molecule has 1 fully saturated rings. The molecule has 28 heavy (non-hydrogen) atoms. The van der Waals surface area contributed by atoms with Crippen LogP contribution in [0.1, 0.15) is 25.0 Å². The Morgan fingerprint density at radius 2 is 1.96 bits per heavy atom. The lowest BCUT2D eigenvalue weighted by Crippen LogP contribution is -2.22. The smallest absolute Gasteiger partial charge is 0.344 e. The summed E-state index contributed by atoms with van der Waals surface area (Å²) in [7, 11) is 1.44. The second kappa shape index (κ2) is 9.98. The van der Waals surface area contributed by atoms with E-state index in [2.05, 4.69) is 6.58 Å². The summed E-state index contributed by atoms with van der Waals surface area (Å²) in [6.45, 7) is 7.71. The number of carbonyl (C=O) groups is 3. The van der Waals surface area contributed by atoms with Crippen molar-refractivity contribution in [2.24, 2.45) is 0 Å². The number of likely N-dealkylation sites (N-methyl/N-ethyl adjacent to an activating group) is 1. The van der Waals surface area contributed by atoms with E-state index < -0.39 is 5.97 Å². The number of amides is 2. The first-order chi connectivity index (χ1) is 13.4. The largest absolute Gasteiger partial charge is 0.490 e. The topological polar surface area (TPSA) is 82.1 Å². The Morgan fingerprint density at radius 1 is 1.21 bits per heavy atom. The van der Waals surface area contributed by atoms with Gasteiger partial charge in [0.15, 0.2) is 18.1 Å². The fraction of sp³-hybridized carbons (Fsp3) is 0.350. The van der Waals surface area contributed by atoms with E-state index in [1.165, 1.54) is 7.05 Å². The van der Waals surface area contributed by atoms with Gasteiger partial charge >= 0.3 is 5.97 Å². The standard InChI is InChI=1S/C20H23NO6S/c1-5-8-14-9-13(11-16-19(23)21(4)20(24)28-16)10-15(25-6-2)18(14)27-12-17(22)26-7-3/h5,9-11H,1,6-8,12H2,2-4H3/b16-11-. The SMILES string of the molecule is C=CCc1cc(/C=C2\SC(=O)N(C)C2=O)cc(OCC)c1OCC(=O)OCC. The molecule has 0 N–H and O–H groups in total. The highest BCUT2D eigenvalue weighted by atomic mass is 32.2. The normalized spacial score (nSPS) is 15.1. The van der Waals surface area contributed by atoms with E-state index in [0.717, 1.165) is 22.2 Å². The van der Waals surface area contributed by atoms with Crippen LogP contribution in [-0.2, 0) is 20.7 Å². The molecule has 1 aromatic carbocycles. The minimum atomic E-state index is -0.477. The summed E-state index contributed by atoms with van der Waals surface area (Å²) in [6, 6.07) is 3.52. The van der Waals surface area contributed by atoms with Gasteiger partial charge in [-0.05, 0) is 55.8 Å². The van der Waals surface area contributed by atoms with Crippen molar-refractivity contribution in [3.63, 3.8) is 0 Å². The third kappa shape index (κ3) is 5.16. The lowest BCUT2D eigenvalue weighted by atomic mass is 10.0. The predicted octanol–water partition coefficient (Wildman–Crippen LogP) is 3.42. The van der Waals surface area contributed by atoms with Gasteiger partial charge in [-0.2, -0.15) is 0 Å². The van der Waals surface area contributed by atoms with Gasteiger partial charge in [-0.1, -0.05) is 6.08 Å². The molecule has 1 heterocycles. The minimum Gasteiger partial charge on any atom is -0.490 e. The Balaban J connectivity index is 2.41. The van der Waals surface area contributed by atoms with Crippen molar-refractivity contribution in [2.75, 3.05) is 26.9 Å². The third-order valence-corrected chi connectivity index (χ3v) is 4.70. The average Bonchev–Trinajstić information content (AvgIpc) is 2.88. The summed E-state index contributed by atoms with van der Waals surface area (Å²) >= 11 is 0.884. The molecule has 1 aromatic rings.